The predicted molar refractivity (Wildman–Crippen MR) is 127 cm³/mol. The minimum absolute atomic E-state index is 0.126. The molecule has 0 saturated heterocycles. The molecule has 3 aromatic rings. The number of nitrogens with one attached hydrogen (secondary N) is 1. The van der Waals surface area contributed by atoms with Crippen molar-refractivity contribution in [3.05, 3.63) is 77.4 Å². The molecule has 1 N–H and O–H groups in total. The van der Waals surface area contributed by atoms with E-state index in [0.717, 1.165) is 28.3 Å². The molecule has 5 rings (SSSR count). The zero-order valence-corrected chi connectivity index (χ0v) is 18.6. The van der Waals surface area contributed by atoms with Gasteiger partial charge in [-0.25, -0.2) is 0 Å². The number of methoxy groups -OCH3 is 3. The van der Waals surface area contributed by atoms with Gasteiger partial charge in [0.1, 0.15) is 35.8 Å². The van der Waals surface area contributed by atoms with E-state index in [4.69, 9.17) is 18.9 Å². The van der Waals surface area contributed by atoms with Crippen LogP contribution in [-0.2, 0) is 0 Å². The van der Waals surface area contributed by atoms with Crippen molar-refractivity contribution in [2.45, 2.75) is 6.17 Å². The Morgan fingerprint density at radius 2 is 1.70 bits per heavy atom. The Balaban J connectivity index is 1.63. The fourth-order valence-electron chi connectivity index (χ4n) is 4.19. The van der Waals surface area contributed by atoms with Gasteiger partial charge in [0.2, 0.25) is 0 Å². The molecule has 0 saturated carbocycles. The van der Waals surface area contributed by atoms with Gasteiger partial charge in [-0.2, -0.15) is 0 Å². The van der Waals surface area contributed by atoms with Crippen LogP contribution in [0.1, 0.15) is 15.9 Å². The number of nitrogens with zero attached hydrogens (tertiary/aromatic N) is 1. The van der Waals surface area contributed by atoms with Gasteiger partial charge >= 0.3 is 0 Å². The van der Waals surface area contributed by atoms with Crippen LogP contribution in [0.3, 0.4) is 0 Å². The number of amides is 1. The van der Waals surface area contributed by atoms with Gasteiger partial charge in [0.05, 0.1) is 32.6 Å². The van der Waals surface area contributed by atoms with E-state index < -0.39 is 6.17 Å². The lowest BCUT2D eigenvalue weighted by molar-refractivity contribution is 0.0977. The molecule has 2 aliphatic heterocycles. The van der Waals surface area contributed by atoms with Gasteiger partial charge in [0.25, 0.3) is 5.91 Å². The summed E-state index contributed by atoms with van der Waals surface area (Å²) in [5.41, 5.74) is 3.84. The van der Waals surface area contributed by atoms with Crippen LogP contribution in [-0.4, -0.2) is 40.0 Å². The lowest BCUT2D eigenvalue weighted by Gasteiger charge is -2.40. The number of hydrogen-bond acceptors (Lipinski definition) is 6. The normalized spacial score (nSPS) is 16.6. The molecule has 0 fully saturated rings. The molecule has 2 heterocycles. The molecule has 0 aromatic heterocycles. The third-order valence-electron chi connectivity index (χ3n) is 5.88. The molecule has 1 atom stereocenters. The molecule has 33 heavy (non-hydrogen) atoms. The number of rotatable bonds is 5. The molecule has 0 aliphatic carbocycles. The number of hydrogen-bond donors (Lipinski definition) is 1. The summed E-state index contributed by atoms with van der Waals surface area (Å²) >= 11 is 0. The molecule has 1 amide bonds. The summed E-state index contributed by atoms with van der Waals surface area (Å²) in [7, 11) is 4.80. The third-order valence-corrected chi connectivity index (χ3v) is 5.88. The van der Waals surface area contributed by atoms with E-state index in [-0.39, 0.29) is 5.91 Å². The van der Waals surface area contributed by atoms with Gasteiger partial charge in [0.15, 0.2) is 0 Å². The number of carbonyl (C=O) groups excluding carboxylic acids is 1. The van der Waals surface area contributed by atoms with Crippen molar-refractivity contribution in [1.29, 1.82) is 0 Å². The maximum atomic E-state index is 13.7. The Bertz CT molecular complexity index is 1250. The molecule has 168 valence electrons. The Kier molecular flexibility index (Phi) is 5.30. The highest BCUT2D eigenvalue weighted by atomic mass is 16.5. The van der Waals surface area contributed by atoms with Crippen LogP contribution >= 0.6 is 0 Å². The van der Waals surface area contributed by atoms with Crippen molar-refractivity contribution < 1.29 is 23.7 Å². The zero-order chi connectivity index (χ0) is 22.9. The van der Waals surface area contributed by atoms with Crippen LogP contribution in [0.2, 0.25) is 0 Å². The van der Waals surface area contributed by atoms with Crippen LogP contribution in [0.4, 0.5) is 11.4 Å². The topological polar surface area (TPSA) is 69.3 Å². The van der Waals surface area contributed by atoms with Gasteiger partial charge in [-0.05, 0) is 42.5 Å². The number of anilines is 2. The molecule has 3 aromatic carbocycles. The Morgan fingerprint density at radius 3 is 2.48 bits per heavy atom. The van der Waals surface area contributed by atoms with Gasteiger partial charge in [-0.3, -0.25) is 9.69 Å². The average Bonchev–Trinajstić information content (AvgIpc) is 2.87. The van der Waals surface area contributed by atoms with E-state index >= 15 is 0 Å². The van der Waals surface area contributed by atoms with E-state index in [9.17, 15) is 4.79 Å². The van der Waals surface area contributed by atoms with E-state index in [1.165, 1.54) is 0 Å². The Morgan fingerprint density at radius 1 is 0.939 bits per heavy atom. The summed E-state index contributed by atoms with van der Waals surface area (Å²) in [6, 6.07) is 18.6. The second-order valence-corrected chi connectivity index (χ2v) is 7.72. The van der Waals surface area contributed by atoms with Crippen molar-refractivity contribution in [3.8, 4) is 23.0 Å². The number of fused-ring (bicyclic) bond motifs is 2. The van der Waals surface area contributed by atoms with Crippen LogP contribution in [0, 0.1) is 0 Å². The van der Waals surface area contributed by atoms with Crippen molar-refractivity contribution in [1.82, 2.24) is 0 Å². The molecule has 0 spiro atoms. The van der Waals surface area contributed by atoms with Crippen LogP contribution in [0.15, 0.2) is 66.2 Å². The van der Waals surface area contributed by atoms with E-state index in [2.05, 4.69) is 11.4 Å². The first-order valence-corrected chi connectivity index (χ1v) is 10.6. The van der Waals surface area contributed by atoms with Gasteiger partial charge < -0.3 is 24.3 Å². The monoisotopic (exact) mass is 444 g/mol. The molecule has 7 heteroatoms. The summed E-state index contributed by atoms with van der Waals surface area (Å²) in [5.74, 6) is 2.54. The first-order valence-electron chi connectivity index (χ1n) is 10.6. The second-order valence-electron chi connectivity index (χ2n) is 7.72. The average molecular weight is 444 g/mol. The number of ether oxygens (including phenoxy) is 4. The number of benzene rings is 3. The van der Waals surface area contributed by atoms with Crippen molar-refractivity contribution in [2.24, 2.45) is 0 Å². The Hall–Kier alpha value is -4.13. The largest absolute Gasteiger partial charge is 0.497 e. The summed E-state index contributed by atoms with van der Waals surface area (Å²) in [5, 5.41) is 3.52. The van der Waals surface area contributed by atoms with Crippen molar-refractivity contribution >= 4 is 23.4 Å². The highest BCUT2D eigenvalue weighted by Gasteiger charge is 2.37. The molecule has 0 bridgehead atoms. The minimum Gasteiger partial charge on any atom is -0.497 e. The number of carbonyl (C=O) groups is 1. The van der Waals surface area contributed by atoms with Crippen molar-refractivity contribution in [3.63, 3.8) is 0 Å². The maximum Gasteiger partial charge on any atom is 0.262 e. The van der Waals surface area contributed by atoms with Gasteiger partial charge in [-0.15, -0.1) is 0 Å². The molecule has 2 aliphatic rings. The predicted octanol–water partition coefficient (Wildman–Crippen LogP) is 4.59. The third kappa shape index (κ3) is 3.61. The zero-order valence-electron chi connectivity index (χ0n) is 18.6. The maximum absolute atomic E-state index is 13.7. The molecular weight excluding hydrogens is 420 g/mol. The molecular formula is C26H24N2O5. The number of para-hydroxylation sites is 1. The van der Waals surface area contributed by atoms with E-state index in [0.29, 0.717) is 29.4 Å². The minimum atomic E-state index is -0.468. The van der Waals surface area contributed by atoms with Crippen LogP contribution < -0.4 is 29.2 Å². The lowest BCUT2D eigenvalue weighted by Crippen LogP contribution is -2.51. The highest BCUT2D eigenvalue weighted by Crippen LogP contribution is 2.40. The highest BCUT2D eigenvalue weighted by molar-refractivity contribution is 6.13. The fourth-order valence-corrected chi connectivity index (χ4v) is 4.19. The summed E-state index contributed by atoms with van der Waals surface area (Å²) in [6.07, 6.45) is 1.59. The van der Waals surface area contributed by atoms with E-state index in [1.54, 1.807) is 32.3 Å². The van der Waals surface area contributed by atoms with Crippen LogP contribution in [0.5, 0.6) is 23.0 Å². The quantitative estimate of drug-likeness (QED) is 0.621. The first-order chi connectivity index (χ1) is 16.1. The first kappa shape index (κ1) is 20.8. The molecule has 0 radical (unpaired) electrons. The summed E-state index contributed by atoms with van der Waals surface area (Å²) in [4.78, 5) is 15.4. The molecule has 1 unspecified atom stereocenters. The Labute approximate surface area is 192 Å². The second kappa shape index (κ2) is 8.43. The SMILES string of the molecule is COc1ccc2c(c1)OCC(C1Nc3ccccc3C(=O)N1c1ccc(OC)cc1OC)=C2. The van der Waals surface area contributed by atoms with Gasteiger partial charge in [0, 0.05) is 29.0 Å². The van der Waals surface area contributed by atoms with E-state index in [1.807, 2.05) is 54.6 Å². The molecule has 7 nitrogen and oxygen atoms in total. The fraction of sp³-hybridized carbons (Fsp3) is 0.192. The van der Waals surface area contributed by atoms with Gasteiger partial charge in [-0.1, -0.05) is 12.1 Å². The standard InChI is InChI=1S/C26H24N2O5/c1-30-18-9-8-16-12-17(15-33-23(16)13-18)25-27-21-7-5-4-6-20(21)26(29)28(25)22-11-10-19(31-2)14-24(22)32-3/h4-14,25,27H,15H2,1-3H3. The lowest BCUT2D eigenvalue weighted by atomic mass is 9.99. The van der Waals surface area contributed by atoms with Crippen LogP contribution in [0.25, 0.3) is 6.08 Å². The summed E-state index contributed by atoms with van der Waals surface area (Å²) < 4.78 is 22.3. The summed E-state index contributed by atoms with van der Waals surface area (Å²) in [6.45, 7) is 0.322. The smallest absolute Gasteiger partial charge is 0.262 e. The van der Waals surface area contributed by atoms with Crippen molar-refractivity contribution in [2.75, 3.05) is 38.2 Å².